The highest BCUT2D eigenvalue weighted by Crippen LogP contribution is 2.22. The normalized spacial score (nSPS) is 10.3. The molecule has 0 aliphatic carbocycles. The number of carbonyl (C=O) groups excluding carboxylic acids is 2. The van der Waals surface area contributed by atoms with Gasteiger partial charge >= 0.3 is 6.03 Å². The van der Waals surface area contributed by atoms with E-state index in [4.69, 9.17) is 4.42 Å². The standard InChI is InChI=1S/C16H12IN3O3/c17-12-7-3-2-6-11(12)15(21)19-20-16(22)18-14-9-10-5-1-4-8-13(10)23-14/h1-9H,(H,19,21)(H2,18,20,22). The molecule has 2 aromatic carbocycles. The third kappa shape index (κ3) is 3.62. The number of rotatable bonds is 2. The topological polar surface area (TPSA) is 83.4 Å². The number of para-hydroxylation sites is 1. The molecule has 0 radical (unpaired) electrons. The van der Waals surface area contributed by atoms with Gasteiger partial charge in [-0.3, -0.25) is 15.5 Å². The Kier molecular flexibility index (Phi) is 4.47. The van der Waals surface area contributed by atoms with Crippen molar-refractivity contribution < 1.29 is 14.0 Å². The molecule has 3 aromatic rings. The molecule has 3 amide bonds. The van der Waals surface area contributed by atoms with E-state index in [1.807, 2.05) is 30.3 Å². The highest BCUT2D eigenvalue weighted by molar-refractivity contribution is 14.1. The number of nitrogens with one attached hydrogen (secondary N) is 3. The fourth-order valence-corrected chi connectivity index (χ4v) is 2.65. The van der Waals surface area contributed by atoms with Gasteiger partial charge in [-0.25, -0.2) is 10.2 Å². The summed E-state index contributed by atoms with van der Waals surface area (Å²) in [5.41, 5.74) is 5.79. The fourth-order valence-electron chi connectivity index (χ4n) is 2.01. The second-order valence-corrected chi connectivity index (χ2v) is 5.82. The van der Waals surface area contributed by atoms with Gasteiger partial charge in [0.1, 0.15) is 5.58 Å². The lowest BCUT2D eigenvalue weighted by molar-refractivity contribution is 0.0937. The molecule has 0 saturated carbocycles. The van der Waals surface area contributed by atoms with Gasteiger partial charge in [0.15, 0.2) is 0 Å². The van der Waals surface area contributed by atoms with Crippen LogP contribution in [0.3, 0.4) is 0 Å². The molecule has 0 saturated heterocycles. The summed E-state index contributed by atoms with van der Waals surface area (Å²) in [5.74, 6) is -0.0954. The molecule has 0 atom stereocenters. The summed E-state index contributed by atoms with van der Waals surface area (Å²) < 4.78 is 6.26. The monoisotopic (exact) mass is 421 g/mol. The highest BCUT2D eigenvalue weighted by atomic mass is 127. The second-order valence-electron chi connectivity index (χ2n) is 4.66. The lowest BCUT2D eigenvalue weighted by atomic mass is 10.2. The van der Waals surface area contributed by atoms with Crippen molar-refractivity contribution in [3.05, 3.63) is 63.7 Å². The van der Waals surface area contributed by atoms with Crippen molar-refractivity contribution in [2.24, 2.45) is 0 Å². The van der Waals surface area contributed by atoms with Crippen LogP contribution in [0.25, 0.3) is 11.0 Å². The number of urea groups is 1. The summed E-state index contributed by atoms with van der Waals surface area (Å²) in [5, 5.41) is 3.40. The van der Waals surface area contributed by atoms with E-state index in [0.717, 1.165) is 8.96 Å². The minimum atomic E-state index is -0.594. The maximum Gasteiger partial charge on any atom is 0.340 e. The van der Waals surface area contributed by atoms with Gasteiger partial charge in [0.2, 0.25) is 5.88 Å². The summed E-state index contributed by atoms with van der Waals surface area (Å²) in [7, 11) is 0. The molecular weight excluding hydrogens is 409 g/mol. The van der Waals surface area contributed by atoms with E-state index in [1.165, 1.54) is 0 Å². The molecule has 1 heterocycles. The van der Waals surface area contributed by atoms with Gasteiger partial charge in [0.05, 0.1) is 5.56 Å². The quantitative estimate of drug-likeness (QED) is 0.438. The Morgan fingerprint density at radius 1 is 0.957 bits per heavy atom. The molecule has 6 nitrogen and oxygen atoms in total. The Morgan fingerprint density at radius 3 is 2.48 bits per heavy atom. The molecule has 0 aliphatic heterocycles. The van der Waals surface area contributed by atoms with Crippen molar-refractivity contribution in [1.82, 2.24) is 10.9 Å². The number of carbonyl (C=O) groups is 2. The summed E-state index contributed by atoms with van der Waals surface area (Å²) >= 11 is 2.05. The van der Waals surface area contributed by atoms with Crippen molar-refractivity contribution in [1.29, 1.82) is 0 Å². The minimum absolute atomic E-state index is 0.298. The van der Waals surface area contributed by atoms with Crippen LogP contribution in [-0.2, 0) is 0 Å². The van der Waals surface area contributed by atoms with Crippen LogP contribution in [-0.4, -0.2) is 11.9 Å². The summed E-state index contributed by atoms with van der Waals surface area (Å²) in [6.45, 7) is 0. The van der Waals surface area contributed by atoms with Crippen LogP contribution in [0.1, 0.15) is 10.4 Å². The Bertz CT molecular complexity index is 843. The Morgan fingerprint density at radius 2 is 1.70 bits per heavy atom. The van der Waals surface area contributed by atoms with Crippen LogP contribution in [0.15, 0.2) is 59.0 Å². The van der Waals surface area contributed by atoms with E-state index in [-0.39, 0.29) is 0 Å². The number of benzene rings is 2. The van der Waals surface area contributed by atoms with Gasteiger partial charge in [0, 0.05) is 15.0 Å². The molecule has 3 rings (SSSR count). The van der Waals surface area contributed by atoms with E-state index < -0.39 is 11.9 Å². The zero-order chi connectivity index (χ0) is 16.2. The van der Waals surface area contributed by atoms with E-state index in [0.29, 0.717) is 17.0 Å². The van der Waals surface area contributed by atoms with Crippen LogP contribution >= 0.6 is 22.6 Å². The van der Waals surface area contributed by atoms with Crippen molar-refractivity contribution in [2.45, 2.75) is 0 Å². The number of fused-ring (bicyclic) bond motifs is 1. The molecule has 7 heteroatoms. The molecule has 0 aliphatic rings. The molecule has 0 fully saturated rings. The molecule has 116 valence electrons. The van der Waals surface area contributed by atoms with E-state index >= 15 is 0 Å². The van der Waals surface area contributed by atoms with Gasteiger partial charge in [0.25, 0.3) is 5.91 Å². The van der Waals surface area contributed by atoms with Gasteiger partial charge in [-0.05, 0) is 40.8 Å². The van der Waals surface area contributed by atoms with E-state index in [2.05, 4.69) is 38.8 Å². The number of hydrogen-bond donors (Lipinski definition) is 3. The molecule has 0 unspecified atom stereocenters. The first-order chi connectivity index (χ1) is 11.1. The average molecular weight is 421 g/mol. The number of amides is 3. The van der Waals surface area contributed by atoms with Gasteiger partial charge < -0.3 is 4.42 Å². The lowest BCUT2D eigenvalue weighted by Crippen LogP contribution is -2.44. The smallest absolute Gasteiger partial charge is 0.340 e. The zero-order valence-electron chi connectivity index (χ0n) is 11.8. The van der Waals surface area contributed by atoms with Gasteiger partial charge in [-0.1, -0.05) is 30.3 Å². The summed E-state index contributed by atoms with van der Waals surface area (Å²) in [4.78, 5) is 23.8. The van der Waals surface area contributed by atoms with Crippen molar-refractivity contribution >= 4 is 51.4 Å². The SMILES string of the molecule is O=C(NNC(=O)c1ccccc1I)Nc1cc2ccccc2o1. The molecule has 3 N–H and O–H groups in total. The van der Waals surface area contributed by atoms with E-state index in [1.54, 1.807) is 24.3 Å². The molecular formula is C16H12IN3O3. The first-order valence-corrected chi connectivity index (χ1v) is 7.82. The first-order valence-electron chi connectivity index (χ1n) is 6.74. The largest absolute Gasteiger partial charge is 0.440 e. The third-order valence-corrected chi connectivity index (χ3v) is 4.01. The second kappa shape index (κ2) is 6.69. The van der Waals surface area contributed by atoms with Crippen molar-refractivity contribution in [3.63, 3.8) is 0 Å². The van der Waals surface area contributed by atoms with Crippen LogP contribution in [0.2, 0.25) is 0 Å². The molecule has 0 bridgehead atoms. The number of anilines is 1. The predicted octanol–water partition coefficient (Wildman–Crippen LogP) is 3.50. The van der Waals surface area contributed by atoms with Crippen molar-refractivity contribution in [2.75, 3.05) is 5.32 Å². The Hall–Kier alpha value is -2.55. The first kappa shape index (κ1) is 15.3. The van der Waals surface area contributed by atoms with Crippen LogP contribution < -0.4 is 16.2 Å². The van der Waals surface area contributed by atoms with E-state index in [9.17, 15) is 9.59 Å². The predicted molar refractivity (Wildman–Crippen MR) is 95.0 cm³/mol. The van der Waals surface area contributed by atoms with Crippen molar-refractivity contribution in [3.8, 4) is 0 Å². The summed E-state index contributed by atoms with van der Waals surface area (Å²) in [6, 6.07) is 15.6. The third-order valence-electron chi connectivity index (χ3n) is 3.07. The molecule has 0 spiro atoms. The van der Waals surface area contributed by atoms with Gasteiger partial charge in [-0.15, -0.1) is 0 Å². The number of hydrazine groups is 1. The number of halogens is 1. The van der Waals surface area contributed by atoms with Crippen LogP contribution in [0.5, 0.6) is 0 Å². The maximum atomic E-state index is 12.0. The minimum Gasteiger partial charge on any atom is -0.440 e. The zero-order valence-corrected chi connectivity index (χ0v) is 14.0. The van der Waals surface area contributed by atoms with Crippen LogP contribution in [0, 0.1) is 3.57 Å². The Labute approximate surface area is 145 Å². The molecule has 23 heavy (non-hydrogen) atoms. The highest BCUT2D eigenvalue weighted by Gasteiger charge is 2.11. The number of hydrogen-bond acceptors (Lipinski definition) is 3. The summed E-state index contributed by atoms with van der Waals surface area (Å²) in [6.07, 6.45) is 0. The Balaban J connectivity index is 1.59. The average Bonchev–Trinajstić information content (AvgIpc) is 2.95. The van der Waals surface area contributed by atoms with Crippen LogP contribution in [0.4, 0.5) is 10.7 Å². The maximum absolute atomic E-state index is 12.0. The number of furan rings is 1. The molecule has 1 aromatic heterocycles. The fraction of sp³-hybridized carbons (Fsp3) is 0. The van der Waals surface area contributed by atoms with Gasteiger partial charge in [-0.2, -0.15) is 0 Å². The lowest BCUT2D eigenvalue weighted by Gasteiger charge is -2.08.